The fraction of sp³-hybridized carbons (Fsp3) is 0.143. The number of halogens is 1. The van der Waals surface area contributed by atoms with Gasteiger partial charge in [0.2, 0.25) is 5.56 Å². The molecule has 0 fully saturated rings. The fourth-order valence-corrected chi connectivity index (χ4v) is 1.98. The molecule has 1 atom stereocenters. The van der Waals surface area contributed by atoms with Gasteiger partial charge in [-0.25, -0.2) is 0 Å². The first-order valence-corrected chi connectivity index (χ1v) is 6.17. The number of hydrogen-bond donors (Lipinski definition) is 2. The van der Waals surface area contributed by atoms with E-state index in [2.05, 4.69) is 4.98 Å². The molecule has 5 heteroatoms. The number of carbonyl (C=O) groups excluding carboxylic acids is 1. The zero-order valence-corrected chi connectivity index (χ0v) is 10.9. The van der Waals surface area contributed by atoms with Crippen LogP contribution in [0.5, 0.6) is 0 Å². The molecule has 0 aliphatic rings. The first-order chi connectivity index (χ1) is 9.08. The second kappa shape index (κ2) is 5.82. The lowest BCUT2D eigenvalue weighted by Gasteiger charge is -2.11. The molecule has 98 valence electrons. The number of nitrogens with two attached hydrogens (primary N) is 1. The standard InChI is InChI=1S/C14H13ClN2O2/c15-11-4-2-1-3-9(11)7-12(16)14(19)10-5-6-13(18)17-8-10/h1-6,8,12H,7,16H2,(H,17,18). The van der Waals surface area contributed by atoms with Gasteiger partial charge in [0.15, 0.2) is 5.78 Å². The molecule has 19 heavy (non-hydrogen) atoms. The van der Waals surface area contributed by atoms with Crippen LogP contribution < -0.4 is 11.3 Å². The number of pyridine rings is 1. The van der Waals surface area contributed by atoms with E-state index in [0.29, 0.717) is 17.0 Å². The summed E-state index contributed by atoms with van der Waals surface area (Å²) in [5.74, 6) is -0.226. The Morgan fingerprint density at radius 1 is 1.26 bits per heavy atom. The Kier molecular flexibility index (Phi) is 4.14. The van der Waals surface area contributed by atoms with Gasteiger partial charge < -0.3 is 10.7 Å². The highest BCUT2D eigenvalue weighted by atomic mass is 35.5. The molecule has 3 N–H and O–H groups in total. The molecule has 0 saturated heterocycles. The van der Waals surface area contributed by atoms with E-state index >= 15 is 0 Å². The molecule has 0 aliphatic carbocycles. The number of rotatable bonds is 4. The van der Waals surface area contributed by atoms with Gasteiger partial charge >= 0.3 is 0 Å². The lowest BCUT2D eigenvalue weighted by atomic mass is 9.99. The third kappa shape index (κ3) is 3.30. The maximum absolute atomic E-state index is 12.1. The molecule has 0 amide bonds. The van der Waals surface area contributed by atoms with Crippen LogP contribution in [0, 0.1) is 0 Å². The van der Waals surface area contributed by atoms with Crippen LogP contribution in [0.4, 0.5) is 0 Å². The predicted octanol–water partition coefficient (Wildman–Crippen LogP) is 1.78. The Morgan fingerprint density at radius 2 is 2.00 bits per heavy atom. The van der Waals surface area contributed by atoms with Crippen molar-refractivity contribution in [1.29, 1.82) is 0 Å². The molecule has 0 bridgehead atoms. The van der Waals surface area contributed by atoms with Gasteiger partial charge in [0, 0.05) is 22.8 Å². The van der Waals surface area contributed by atoms with Gasteiger partial charge in [-0.1, -0.05) is 29.8 Å². The molecular formula is C14H13ClN2O2. The highest BCUT2D eigenvalue weighted by Gasteiger charge is 2.17. The summed E-state index contributed by atoms with van der Waals surface area (Å²) in [6, 6.07) is 9.34. The second-order valence-corrected chi connectivity index (χ2v) is 4.62. The van der Waals surface area contributed by atoms with E-state index in [1.807, 2.05) is 18.2 Å². The number of Topliss-reactive ketones (excluding diaryl/α,β-unsaturated/α-hetero) is 1. The van der Waals surface area contributed by atoms with Crippen LogP contribution in [0.3, 0.4) is 0 Å². The quantitative estimate of drug-likeness (QED) is 0.836. The summed E-state index contributed by atoms with van der Waals surface area (Å²) in [4.78, 5) is 25.5. The third-order valence-electron chi connectivity index (χ3n) is 2.80. The maximum atomic E-state index is 12.1. The first-order valence-electron chi connectivity index (χ1n) is 5.80. The largest absolute Gasteiger partial charge is 0.328 e. The number of H-pyrrole nitrogens is 1. The Balaban J connectivity index is 2.14. The fourth-order valence-electron chi connectivity index (χ4n) is 1.77. The van der Waals surface area contributed by atoms with Crippen molar-refractivity contribution in [2.45, 2.75) is 12.5 Å². The normalized spacial score (nSPS) is 12.1. The Bertz CT molecular complexity index is 631. The molecule has 2 rings (SSSR count). The maximum Gasteiger partial charge on any atom is 0.247 e. The zero-order chi connectivity index (χ0) is 13.8. The summed E-state index contributed by atoms with van der Waals surface area (Å²) in [6.07, 6.45) is 1.73. The lowest BCUT2D eigenvalue weighted by molar-refractivity contribution is 0.0960. The van der Waals surface area contributed by atoms with Crippen molar-refractivity contribution in [3.05, 3.63) is 69.1 Å². The molecular weight excluding hydrogens is 264 g/mol. The molecule has 0 spiro atoms. The van der Waals surface area contributed by atoms with Gasteiger partial charge in [-0.2, -0.15) is 0 Å². The SMILES string of the molecule is NC(Cc1ccccc1Cl)C(=O)c1ccc(=O)[nH]c1. The predicted molar refractivity (Wildman–Crippen MR) is 74.5 cm³/mol. The Hall–Kier alpha value is -1.91. The van der Waals surface area contributed by atoms with Crippen LogP contribution in [-0.4, -0.2) is 16.8 Å². The van der Waals surface area contributed by atoms with Gasteiger partial charge in [-0.15, -0.1) is 0 Å². The average molecular weight is 277 g/mol. The molecule has 1 aromatic carbocycles. The van der Waals surface area contributed by atoms with Crippen LogP contribution in [0.1, 0.15) is 15.9 Å². The van der Waals surface area contributed by atoms with Gasteiger partial charge in [0.25, 0.3) is 0 Å². The number of aromatic nitrogens is 1. The van der Waals surface area contributed by atoms with Crippen molar-refractivity contribution in [3.63, 3.8) is 0 Å². The third-order valence-corrected chi connectivity index (χ3v) is 3.17. The van der Waals surface area contributed by atoms with E-state index in [-0.39, 0.29) is 11.3 Å². The van der Waals surface area contributed by atoms with Crippen LogP contribution in [-0.2, 0) is 6.42 Å². The van der Waals surface area contributed by atoms with E-state index in [0.717, 1.165) is 5.56 Å². The first kappa shape index (κ1) is 13.5. The number of ketones is 1. The van der Waals surface area contributed by atoms with Crippen LogP contribution in [0.25, 0.3) is 0 Å². The smallest absolute Gasteiger partial charge is 0.247 e. The number of benzene rings is 1. The molecule has 1 aromatic heterocycles. The molecule has 1 heterocycles. The summed E-state index contributed by atoms with van der Waals surface area (Å²) in [5, 5.41) is 0.590. The van der Waals surface area contributed by atoms with Crippen LogP contribution in [0.2, 0.25) is 5.02 Å². The van der Waals surface area contributed by atoms with Gasteiger partial charge in [-0.3, -0.25) is 9.59 Å². The summed E-state index contributed by atoms with van der Waals surface area (Å²) in [6.45, 7) is 0. The Labute approximate surface area is 115 Å². The zero-order valence-electron chi connectivity index (χ0n) is 10.1. The monoisotopic (exact) mass is 276 g/mol. The number of nitrogens with one attached hydrogen (secondary N) is 1. The van der Waals surface area contributed by atoms with E-state index in [1.165, 1.54) is 18.3 Å². The highest BCUT2D eigenvalue weighted by molar-refractivity contribution is 6.31. The van der Waals surface area contributed by atoms with Crippen LogP contribution in [0.15, 0.2) is 47.4 Å². The summed E-state index contributed by atoms with van der Waals surface area (Å²) >= 11 is 6.03. The molecule has 1 unspecified atom stereocenters. The topological polar surface area (TPSA) is 76.0 Å². The lowest BCUT2D eigenvalue weighted by Crippen LogP contribution is -2.33. The number of aromatic amines is 1. The van der Waals surface area contributed by atoms with Gasteiger partial charge in [0.1, 0.15) is 0 Å². The van der Waals surface area contributed by atoms with Crippen molar-refractivity contribution in [2.75, 3.05) is 0 Å². The second-order valence-electron chi connectivity index (χ2n) is 4.21. The highest BCUT2D eigenvalue weighted by Crippen LogP contribution is 2.17. The molecule has 2 aromatic rings. The summed E-state index contributed by atoms with van der Waals surface area (Å²) in [5.41, 5.74) is 6.85. The van der Waals surface area contributed by atoms with Crippen molar-refractivity contribution < 1.29 is 4.79 Å². The van der Waals surface area contributed by atoms with Crippen molar-refractivity contribution in [3.8, 4) is 0 Å². The minimum Gasteiger partial charge on any atom is -0.328 e. The van der Waals surface area contributed by atoms with Gasteiger partial charge in [-0.05, 0) is 24.1 Å². The molecule has 4 nitrogen and oxygen atoms in total. The molecule has 0 radical (unpaired) electrons. The van der Waals surface area contributed by atoms with Crippen molar-refractivity contribution in [1.82, 2.24) is 4.98 Å². The van der Waals surface area contributed by atoms with Crippen molar-refractivity contribution in [2.24, 2.45) is 5.73 Å². The minimum atomic E-state index is -0.689. The Morgan fingerprint density at radius 3 is 2.63 bits per heavy atom. The van der Waals surface area contributed by atoms with E-state index in [9.17, 15) is 9.59 Å². The van der Waals surface area contributed by atoms with Crippen molar-refractivity contribution >= 4 is 17.4 Å². The average Bonchev–Trinajstić information content (AvgIpc) is 2.41. The molecule has 0 saturated carbocycles. The van der Waals surface area contributed by atoms with E-state index in [1.54, 1.807) is 6.07 Å². The summed E-state index contributed by atoms with van der Waals surface area (Å²) < 4.78 is 0. The van der Waals surface area contributed by atoms with Crippen LogP contribution >= 0.6 is 11.6 Å². The minimum absolute atomic E-state index is 0.226. The number of carbonyl (C=O) groups is 1. The van der Waals surface area contributed by atoms with E-state index in [4.69, 9.17) is 17.3 Å². The summed E-state index contributed by atoms with van der Waals surface area (Å²) in [7, 11) is 0. The van der Waals surface area contributed by atoms with E-state index < -0.39 is 6.04 Å². The van der Waals surface area contributed by atoms with Gasteiger partial charge in [0.05, 0.1) is 6.04 Å². The molecule has 0 aliphatic heterocycles. The number of hydrogen-bond acceptors (Lipinski definition) is 3.